The van der Waals surface area contributed by atoms with Crippen molar-refractivity contribution < 1.29 is 27.8 Å². The summed E-state index contributed by atoms with van der Waals surface area (Å²) in [6.45, 7) is 4.34. The van der Waals surface area contributed by atoms with Gasteiger partial charge in [0.15, 0.2) is 24.1 Å². The van der Waals surface area contributed by atoms with Gasteiger partial charge in [0.25, 0.3) is 0 Å². The molecule has 1 aromatic carbocycles. The van der Waals surface area contributed by atoms with E-state index < -0.39 is 17.2 Å². The number of benzene rings is 1. The third-order valence-electron chi connectivity index (χ3n) is 5.16. The van der Waals surface area contributed by atoms with E-state index in [1.807, 2.05) is 13.8 Å². The SMILES string of the molecule is CCCCOc1cc(F)c(C[C@H](C)[C@]23CCC(=O)C=C2OCO3)cc1F. The quantitative estimate of drug-likeness (QED) is 0.675. The van der Waals surface area contributed by atoms with Crippen LogP contribution in [0.4, 0.5) is 8.78 Å². The molecule has 26 heavy (non-hydrogen) atoms. The summed E-state index contributed by atoms with van der Waals surface area (Å²) >= 11 is 0. The van der Waals surface area contributed by atoms with Crippen LogP contribution in [0.25, 0.3) is 0 Å². The van der Waals surface area contributed by atoms with Crippen LogP contribution in [0.5, 0.6) is 5.75 Å². The third kappa shape index (κ3) is 3.61. The first-order valence-electron chi connectivity index (χ1n) is 9.08. The number of fused-ring (bicyclic) bond motifs is 1. The van der Waals surface area contributed by atoms with Crippen molar-refractivity contribution in [2.45, 2.75) is 51.6 Å². The second-order valence-corrected chi connectivity index (χ2v) is 6.95. The molecule has 0 aromatic heterocycles. The summed E-state index contributed by atoms with van der Waals surface area (Å²) < 4.78 is 45.3. The molecule has 1 aliphatic heterocycles. The van der Waals surface area contributed by atoms with Gasteiger partial charge in [0.05, 0.1) is 6.61 Å². The number of hydrogen-bond donors (Lipinski definition) is 0. The van der Waals surface area contributed by atoms with Gasteiger partial charge in [0, 0.05) is 18.6 Å². The van der Waals surface area contributed by atoms with Crippen LogP contribution in [-0.4, -0.2) is 24.8 Å². The number of ketones is 1. The van der Waals surface area contributed by atoms with Crippen LogP contribution in [0, 0.1) is 17.6 Å². The first-order chi connectivity index (χ1) is 12.5. The number of rotatable bonds is 7. The number of ether oxygens (including phenoxy) is 3. The van der Waals surface area contributed by atoms with Crippen molar-refractivity contribution in [1.29, 1.82) is 0 Å². The lowest BCUT2D eigenvalue weighted by Crippen LogP contribution is -2.41. The Bertz CT molecular complexity index is 716. The highest BCUT2D eigenvalue weighted by Gasteiger charge is 2.49. The predicted octanol–water partition coefficient (Wildman–Crippen LogP) is 4.31. The molecule has 0 bridgehead atoms. The highest BCUT2D eigenvalue weighted by molar-refractivity contribution is 5.91. The fourth-order valence-electron chi connectivity index (χ4n) is 3.57. The van der Waals surface area contributed by atoms with Crippen molar-refractivity contribution in [1.82, 2.24) is 0 Å². The molecule has 1 heterocycles. The second-order valence-electron chi connectivity index (χ2n) is 6.95. The lowest BCUT2D eigenvalue weighted by Gasteiger charge is -2.35. The zero-order chi connectivity index (χ0) is 18.7. The van der Waals surface area contributed by atoms with Gasteiger partial charge in [-0.2, -0.15) is 0 Å². The van der Waals surface area contributed by atoms with Crippen LogP contribution < -0.4 is 4.74 Å². The average molecular weight is 366 g/mol. The molecule has 1 aliphatic carbocycles. The molecule has 0 unspecified atom stereocenters. The van der Waals surface area contributed by atoms with Crippen LogP contribution in [0.3, 0.4) is 0 Å². The van der Waals surface area contributed by atoms with E-state index in [-0.39, 0.29) is 36.2 Å². The summed E-state index contributed by atoms with van der Waals surface area (Å²) in [4.78, 5) is 11.6. The summed E-state index contributed by atoms with van der Waals surface area (Å²) in [5.74, 6) is -0.807. The molecular formula is C20H24F2O4. The molecule has 2 aliphatic rings. The number of halogens is 2. The molecule has 2 atom stereocenters. The van der Waals surface area contributed by atoms with E-state index >= 15 is 0 Å². The standard InChI is InChI=1S/C20H24F2O4/c1-3-4-7-24-18-11-16(21)14(9-17(18)22)8-13(2)20-6-5-15(23)10-19(20)25-12-26-20/h9-11,13H,3-8,12H2,1-2H3/t13-,20+/m0/s1. The molecule has 0 radical (unpaired) electrons. The zero-order valence-corrected chi connectivity index (χ0v) is 15.1. The molecule has 1 saturated heterocycles. The van der Waals surface area contributed by atoms with E-state index in [1.54, 1.807) is 0 Å². The molecule has 1 fully saturated rings. The Morgan fingerprint density at radius 2 is 2.12 bits per heavy atom. The lowest BCUT2D eigenvalue weighted by atomic mass is 9.76. The fourth-order valence-corrected chi connectivity index (χ4v) is 3.57. The van der Waals surface area contributed by atoms with Gasteiger partial charge in [-0.15, -0.1) is 0 Å². The number of carbonyl (C=O) groups excluding carboxylic acids is 1. The summed E-state index contributed by atoms with van der Waals surface area (Å²) in [6, 6.07) is 2.30. The Hall–Kier alpha value is -1.95. The van der Waals surface area contributed by atoms with Crippen molar-refractivity contribution in [3.05, 3.63) is 41.2 Å². The van der Waals surface area contributed by atoms with E-state index in [9.17, 15) is 13.6 Å². The molecule has 0 amide bonds. The Morgan fingerprint density at radius 1 is 1.31 bits per heavy atom. The van der Waals surface area contributed by atoms with Gasteiger partial charge < -0.3 is 14.2 Å². The molecular weight excluding hydrogens is 342 g/mol. The molecule has 0 spiro atoms. The van der Waals surface area contributed by atoms with Gasteiger partial charge in [-0.1, -0.05) is 20.3 Å². The smallest absolute Gasteiger partial charge is 0.189 e. The van der Waals surface area contributed by atoms with E-state index in [1.165, 1.54) is 12.1 Å². The van der Waals surface area contributed by atoms with Gasteiger partial charge in [-0.25, -0.2) is 8.78 Å². The molecule has 1 aromatic rings. The minimum absolute atomic E-state index is 0.000805. The largest absolute Gasteiger partial charge is 0.490 e. The van der Waals surface area contributed by atoms with E-state index in [0.717, 1.165) is 18.9 Å². The van der Waals surface area contributed by atoms with Gasteiger partial charge >= 0.3 is 0 Å². The molecule has 4 nitrogen and oxygen atoms in total. The number of unbranched alkanes of at least 4 members (excludes halogenated alkanes) is 1. The maximum Gasteiger partial charge on any atom is 0.189 e. The molecule has 0 N–H and O–H groups in total. The third-order valence-corrected chi connectivity index (χ3v) is 5.16. The Balaban J connectivity index is 1.77. The maximum absolute atomic E-state index is 14.5. The number of hydrogen-bond acceptors (Lipinski definition) is 4. The van der Waals surface area contributed by atoms with Crippen LogP contribution in [0.1, 0.15) is 45.1 Å². The Labute approximate surface area is 152 Å². The summed E-state index contributed by atoms with van der Waals surface area (Å²) in [7, 11) is 0. The lowest BCUT2D eigenvalue weighted by molar-refractivity contribution is -0.117. The van der Waals surface area contributed by atoms with Crippen molar-refractivity contribution in [3.63, 3.8) is 0 Å². The van der Waals surface area contributed by atoms with Crippen LogP contribution in [0.15, 0.2) is 24.0 Å². The van der Waals surface area contributed by atoms with Crippen molar-refractivity contribution in [2.75, 3.05) is 13.4 Å². The summed E-state index contributed by atoms with van der Waals surface area (Å²) in [6.07, 6.45) is 4.29. The topological polar surface area (TPSA) is 44.8 Å². The first kappa shape index (κ1) is 18.8. The maximum atomic E-state index is 14.5. The highest BCUT2D eigenvalue weighted by Crippen LogP contribution is 2.44. The molecule has 0 saturated carbocycles. The minimum Gasteiger partial charge on any atom is -0.490 e. The van der Waals surface area contributed by atoms with Gasteiger partial charge in [0.1, 0.15) is 17.2 Å². The van der Waals surface area contributed by atoms with Crippen LogP contribution in [-0.2, 0) is 20.7 Å². The van der Waals surface area contributed by atoms with Crippen molar-refractivity contribution >= 4 is 5.78 Å². The summed E-state index contributed by atoms with van der Waals surface area (Å²) in [5, 5.41) is 0. The van der Waals surface area contributed by atoms with Gasteiger partial charge in [-0.05, 0) is 36.8 Å². The van der Waals surface area contributed by atoms with Crippen molar-refractivity contribution in [2.24, 2.45) is 5.92 Å². The monoisotopic (exact) mass is 366 g/mol. The normalized spacial score (nSPS) is 23.2. The summed E-state index contributed by atoms with van der Waals surface area (Å²) in [5.41, 5.74) is -0.480. The Morgan fingerprint density at radius 3 is 2.88 bits per heavy atom. The predicted molar refractivity (Wildman–Crippen MR) is 91.7 cm³/mol. The van der Waals surface area contributed by atoms with Crippen molar-refractivity contribution in [3.8, 4) is 5.75 Å². The average Bonchev–Trinajstić information content (AvgIpc) is 3.03. The molecule has 3 rings (SSSR count). The van der Waals surface area contributed by atoms with Crippen LogP contribution >= 0.6 is 0 Å². The highest BCUT2D eigenvalue weighted by atomic mass is 19.1. The minimum atomic E-state index is -0.743. The second kappa shape index (κ2) is 7.74. The van der Waals surface area contributed by atoms with E-state index in [0.29, 0.717) is 25.2 Å². The Kier molecular flexibility index (Phi) is 5.61. The number of carbonyl (C=O) groups is 1. The zero-order valence-electron chi connectivity index (χ0n) is 15.1. The fraction of sp³-hybridized carbons (Fsp3) is 0.550. The van der Waals surface area contributed by atoms with E-state index in [2.05, 4.69) is 0 Å². The first-order valence-corrected chi connectivity index (χ1v) is 9.08. The molecule has 6 heteroatoms. The van der Waals surface area contributed by atoms with E-state index in [4.69, 9.17) is 14.2 Å². The van der Waals surface area contributed by atoms with Crippen LogP contribution in [0.2, 0.25) is 0 Å². The van der Waals surface area contributed by atoms with Gasteiger partial charge in [-0.3, -0.25) is 4.79 Å². The van der Waals surface area contributed by atoms with Gasteiger partial charge in [0.2, 0.25) is 0 Å². The number of allylic oxidation sites excluding steroid dienone is 1. The molecule has 142 valence electrons.